The predicted molar refractivity (Wildman–Crippen MR) is 73.4 cm³/mol. The van der Waals surface area contributed by atoms with Gasteiger partial charge < -0.3 is 4.90 Å². The molecule has 0 amide bonds. The highest BCUT2D eigenvalue weighted by molar-refractivity contribution is 9.10. The van der Waals surface area contributed by atoms with Crippen LogP contribution >= 0.6 is 15.9 Å². The summed E-state index contributed by atoms with van der Waals surface area (Å²) < 4.78 is 1.11. The molecule has 0 saturated carbocycles. The predicted octanol–water partition coefficient (Wildman–Crippen LogP) is 2.52. The van der Waals surface area contributed by atoms with E-state index < -0.39 is 0 Å². The van der Waals surface area contributed by atoms with Crippen LogP contribution in [0.5, 0.6) is 0 Å². The number of rotatable bonds is 2. The van der Waals surface area contributed by atoms with Crippen LogP contribution in [0.15, 0.2) is 22.9 Å². The lowest BCUT2D eigenvalue weighted by atomic mass is 10.2. The van der Waals surface area contributed by atoms with Crippen LogP contribution in [0, 0.1) is 0 Å². The quantitative estimate of drug-likeness (QED) is 0.836. The summed E-state index contributed by atoms with van der Waals surface area (Å²) in [6.45, 7) is 4.94. The molecule has 2 aliphatic heterocycles. The fourth-order valence-corrected chi connectivity index (χ4v) is 3.49. The second kappa shape index (κ2) is 4.94. The second-order valence-corrected chi connectivity index (χ2v) is 5.81. The summed E-state index contributed by atoms with van der Waals surface area (Å²) in [4.78, 5) is 9.27. The number of hydrogen-bond donors (Lipinski definition) is 0. The average molecular weight is 296 g/mol. The Morgan fingerprint density at radius 2 is 2.06 bits per heavy atom. The average Bonchev–Trinajstić information content (AvgIpc) is 3.00. The Kier molecular flexibility index (Phi) is 3.34. The molecule has 0 radical (unpaired) electrons. The number of halogens is 1. The topological polar surface area (TPSA) is 19.4 Å². The third-order valence-corrected chi connectivity index (χ3v) is 4.52. The molecule has 1 aromatic heterocycles. The zero-order valence-electron chi connectivity index (χ0n) is 9.98. The minimum atomic E-state index is 0.762. The Bertz CT molecular complexity index is 390. The molecule has 3 heterocycles. The van der Waals surface area contributed by atoms with Gasteiger partial charge in [0.05, 0.1) is 10.2 Å². The van der Waals surface area contributed by atoms with E-state index in [2.05, 4.69) is 36.8 Å². The van der Waals surface area contributed by atoms with Crippen molar-refractivity contribution in [2.45, 2.75) is 25.3 Å². The van der Waals surface area contributed by atoms with Gasteiger partial charge in [-0.3, -0.25) is 9.88 Å². The van der Waals surface area contributed by atoms with Gasteiger partial charge >= 0.3 is 0 Å². The molecule has 3 nitrogen and oxygen atoms in total. The van der Waals surface area contributed by atoms with Crippen LogP contribution < -0.4 is 4.90 Å². The smallest absolute Gasteiger partial charge is 0.0592 e. The lowest BCUT2D eigenvalue weighted by molar-refractivity contribution is 0.260. The Morgan fingerprint density at radius 1 is 1.24 bits per heavy atom. The van der Waals surface area contributed by atoms with Crippen LogP contribution in [0.4, 0.5) is 5.69 Å². The van der Waals surface area contributed by atoms with E-state index in [0.717, 1.165) is 10.5 Å². The first-order valence-corrected chi connectivity index (χ1v) is 7.22. The molecule has 1 unspecified atom stereocenters. The maximum absolute atomic E-state index is 4.13. The number of pyridine rings is 1. The summed E-state index contributed by atoms with van der Waals surface area (Å²) in [6, 6.07) is 2.87. The minimum absolute atomic E-state index is 0.762. The van der Waals surface area contributed by atoms with Gasteiger partial charge in [0.2, 0.25) is 0 Å². The van der Waals surface area contributed by atoms with Crippen molar-refractivity contribution in [1.82, 2.24) is 9.88 Å². The number of nitrogens with zero attached hydrogens (tertiary/aromatic N) is 3. The lowest BCUT2D eigenvalue weighted by Gasteiger charge is -2.24. The third kappa shape index (κ3) is 2.33. The van der Waals surface area contributed by atoms with Crippen molar-refractivity contribution >= 4 is 21.6 Å². The number of hydrogen-bond acceptors (Lipinski definition) is 3. The highest BCUT2D eigenvalue weighted by Gasteiger charge is 2.29. The minimum Gasteiger partial charge on any atom is -0.369 e. The summed E-state index contributed by atoms with van der Waals surface area (Å²) in [7, 11) is 0. The molecule has 0 aliphatic carbocycles. The molecule has 1 aromatic rings. The van der Waals surface area contributed by atoms with Crippen molar-refractivity contribution in [3.05, 3.63) is 22.9 Å². The van der Waals surface area contributed by atoms with Gasteiger partial charge in [0.15, 0.2) is 0 Å². The van der Waals surface area contributed by atoms with Crippen LogP contribution in [0.2, 0.25) is 0 Å². The van der Waals surface area contributed by atoms with Crippen LogP contribution in [0.1, 0.15) is 19.3 Å². The van der Waals surface area contributed by atoms with Gasteiger partial charge in [-0.05, 0) is 54.3 Å². The van der Waals surface area contributed by atoms with E-state index in [9.17, 15) is 0 Å². The third-order valence-electron chi connectivity index (χ3n) is 3.91. The van der Waals surface area contributed by atoms with Crippen LogP contribution in [-0.4, -0.2) is 42.1 Å². The molecule has 1 atom stereocenters. The first-order chi connectivity index (χ1) is 8.34. The summed E-state index contributed by atoms with van der Waals surface area (Å²) >= 11 is 3.59. The molecule has 2 aliphatic rings. The van der Waals surface area contributed by atoms with E-state index in [0.29, 0.717) is 0 Å². The molecule has 2 fully saturated rings. The standard InChI is InChI=1S/C13H18BrN3/c14-12-9-15-5-3-13(12)17-8-4-11(10-17)16-6-1-2-7-16/h3,5,9,11H,1-2,4,6-8,10H2. The maximum Gasteiger partial charge on any atom is 0.0592 e. The number of aromatic nitrogens is 1. The van der Waals surface area contributed by atoms with Gasteiger partial charge in [-0.2, -0.15) is 0 Å². The largest absolute Gasteiger partial charge is 0.369 e. The van der Waals surface area contributed by atoms with Crippen molar-refractivity contribution in [1.29, 1.82) is 0 Å². The van der Waals surface area contributed by atoms with Gasteiger partial charge in [-0.25, -0.2) is 0 Å². The normalized spacial score (nSPS) is 25.7. The summed E-state index contributed by atoms with van der Waals surface area (Å²) in [5.41, 5.74) is 1.29. The SMILES string of the molecule is Brc1cnccc1N1CCC(N2CCCC2)C1. The van der Waals surface area contributed by atoms with Gasteiger partial charge in [-0.1, -0.05) is 0 Å². The van der Waals surface area contributed by atoms with E-state index in [4.69, 9.17) is 0 Å². The fourth-order valence-electron chi connectivity index (χ4n) is 2.99. The molecule has 0 aromatic carbocycles. The van der Waals surface area contributed by atoms with E-state index in [-0.39, 0.29) is 0 Å². The Morgan fingerprint density at radius 3 is 2.82 bits per heavy atom. The van der Waals surface area contributed by atoms with Crippen LogP contribution in [0.25, 0.3) is 0 Å². The first kappa shape index (κ1) is 11.5. The molecule has 17 heavy (non-hydrogen) atoms. The van der Waals surface area contributed by atoms with Gasteiger partial charge in [-0.15, -0.1) is 0 Å². The van der Waals surface area contributed by atoms with Gasteiger partial charge in [0.1, 0.15) is 0 Å². The molecular weight excluding hydrogens is 278 g/mol. The molecule has 0 bridgehead atoms. The second-order valence-electron chi connectivity index (χ2n) is 4.96. The summed E-state index contributed by atoms with van der Waals surface area (Å²) in [5, 5.41) is 0. The maximum atomic E-state index is 4.13. The van der Waals surface area contributed by atoms with E-state index in [1.165, 1.54) is 51.1 Å². The van der Waals surface area contributed by atoms with Crippen molar-refractivity contribution in [2.24, 2.45) is 0 Å². The highest BCUT2D eigenvalue weighted by atomic mass is 79.9. The number of anilines is 1. The van der Waals surface area contributed by atoms with E-state index in [1.807, 2.05) is 12.4 Å². The van der Waals surface area contributed by atoms with E-state index >= 15 is 0 Å². The zero-order chi connectivity index (χ0) is 11.7. The molecule has 4 heteroatoms. The van der Waals surface area contributed by atoms with Gasteiger partial charge in [0, 0.05) is 31.5 Å². The van der Waals surface area contributed by atoms with E-state index in [1.54, 1.807) is 0 Å². The van der Waals surface area contributed by atoms with Crippen LogP contribution in [0.3, 0.4) is 0 Å². The molecule has 0 spiro atoms. The van der Waals surface area contributed by atoms with Crippen molar-refractivity contribution in [3.63, 3.8) is 0 Å². The van der Waals surface area contributed by atoms with Crippen molar-refractivity contribution < 1.29 is 0 Å². The highest BCUT2D eigenvalue weighted by Crippen LogP contribution is 2.30. The Labute approximate surface area is 111 Å². The molecular formula is C13H18BrN3. The first-order valence-electron chi connectivity index (χ1n) is 6.43. The van der Waals surface area contributed by atoms with Crippen molar-refractivity contribution in [2.75, 3.05) is 31.1 Å². The molecule has 92 valence electrons. The monoisotopic (exact) mass is 295 g/mol. The zero-order valence-corrected chi connectivity index (χ0v) is 11.6. The molecule has 2 saturated heterocycles. The number of likely N-dealkylation sites (tertiary alicyclic amines) is 1. The van der Waals surface area contributed by atoms with Crippen LogP contribution in [-0.2, 0) is 0 Å². The Balaban J connectivity index is 1.69. The molecule has 3 rings (SSSR count). The van der Waals surface area contributed by atoms with Gasteiger partial charge in [0.25, 0.3) is 0 Å². The lowest BCUT2D eigenvalue weighted by Crippen LogP contribution is -2.35. The fraction of sp³-hybridized carbons (Fsp3) is 0.615. The summed E-state index contributed by atoms with van der Waals surface area (Å²) in [6.07, 6.45) is 7.83. The van der Waals surface area contributed by atoms with Crippen molar-refractivity contribution in [3.8, 4) is 0 Å². The Hall–Kier alpha value is -0.610. The molecule has 0 N–H and O–H groups in total. The summed E-state index contributed by atoms with van der Waals surface area (Å²) in [5.74, 6) is 0.